The molecule has 0 bridgehead atoms. The summed E-state index contributed by atoms with van der Waals surface area (Å²) in [4.78, 5) is 25.0. The second-order valence-corrected chi connectivity index (χ2v) is 9.45. The highest BCUT2D eigenvalue weighted by atomic mass is 16.3. The van der Waals surface area contributed by atoms with Crippen molar-refractivity contribution in [3.8, 4) is 5.69 Å². The number of benzene rings is 3. The van der Waals surface area contributed by atoms with E-state index in [-0.39, 0.29) is 24.3 Å². The van der Waals surface area contributed by atoms with Gasteiger partial charge in [0.2, 0.25) is 5.91 Å². The van der Waals surface area contributed by atoms with Crippen LogP contribution in [0.2, 0.25) is 0 Å². The van der Waals surface area contributed by atoms with Gasteiger partial charge >= 0.3 is 0 Å². The minimum atomic E-state index is -0.188. The Balaban J connectivity index is 1.18. The van der Waals surface area contributed by atoms with Crippen LogP contribution < -0.4 is 10.6 Å². The van der Waals surface area contributed by atoms with Crippen molar-refractivity contribution >= 4 is 45.0 Å². The van der Waals surface area contributed by atoms with Gasteiger partial charge in [-0.2, -0.15) is 5.10 Å². The minimum absolute atomic E-state index is 0.0856. The van der Waals surface area contributed by atoms with Gasteiger partial charge in [0, 0.05) is 53.1 Å². The molecule has 1 aliphatic carbocycles. The Kier molecular flexibility index (Phi) is 5.94. The summed E-state index contributed by atoms with van der Waals surface area (Å²) in [6.07, 6.45) is 6.36. The van der Waals surface area contributed by atoms with E-state index in [1.54, 1.807) is 6.20 Å². The second kappa shape index (κ2) is 9.55. The number of fused-ring (bicyclic) bond motifs is 2. The second-order valence-electron chi connectivity index (χ2n) is 9.45. The maximum atomic E-state index is 13.0. The Morgan fingerprint density at radius 3 is 2.49 bits per heavy atom. The maximum absolute atomic E-state index is 13.0. The average molecular weight is 494 g/mol. The highest BCUT2D eigenvalue weighted by Gasteiger charge is 2.29. The van der Waals surface area contributed by atoms with Gasteiger partial charge in [-0.15, -0.1) is 0 Å². The topological polar surface area (TPSA) is 101 Å². The first kappa shape index (κ1) is 23.0. The van der Waals surface area contributed by atoms with Crippen molar-refractivity contribution in [3.63, 3.8) is 0 Å². The number of aryl methyl sites for hydroxylation is 1. The van der Waals surface area contributed by atoms with E-state index in [1.165, 1.54) is 0 Å². The molecule has 186 valence electrons. The number of hydrogen-bond donors (Lipinski definition) is 3. The molecule has 3 N–H and O–H groups in total. The van der Waals surface area contributed by atoms with Crippen LogP contribution in [0.15, 0.2) is 79.1 Å². The van der Waals surface area contributed by atoms with E-state index < -0.39 is 0 Å². The van der Waals surface area contributed by atoms with E-state index in [0.717, 1.165) is 46.0 Å². The van der Waals surface area contributed by atoms with Gasteiger partial charge in [0.15, 0.2) is 0 Å². The first-order chi connectivity index (χ1) is 18.1. The summed E-state index contributed by atoms with van der Waals surface area (Å²) in [5.41, 5.74) is 4.80. The van der Waals surface area contributed by atoms with Gasteiger partial charge in [-0.25, -0.2) is 4.68 Å². The number of aromatic nitrogens is 3. The molecule has 0 unspecified atom stereocenters. The van der Waals surface area contributed by atoms with Crippen molar-refractivity contribution in [1.82, 2.24) is 14.3 Å². The number of aliphatic hydroxyl groups excluding tert-OH is 1. The van der Waals surface area contributed by atoms with Crippen LogP contribution in [0.25, 0.3) is 27.5 Å². The molecule has 2 heterocycles. The molecule has 3 aromatic carbocycles. The van der Waals surface area contributed by atoms with Gasteiger partial charge in [-0.3, -0.25) is 9.59 Å². The van der Waals surface area contributed by atoms with Crippen molar-refractivity contribution in [2.45, 2.75) is 25.8 Å². The van der Waals surface area contributed by atoms with Crippen LogP contribution >= 0.6 is 0 Å². The van der Waals surface area contributed by atoms with Gasteiger partial charge in [0.05, 0.1) is 17.4 Å². The zero-order chi connectivity index (χ0) is 25.4. The van der Waals surface area contributed by atoms with E-state index in [9.17, 15) is 9.59 Å². The number of amides is 2. The molecular formula is C29H27N5O3. The molecule has 1 fully saturated rings. The summed E-state index contributed by atoms with van der Waals surface area (Å²) in [7, 11) is 0. The molecule has 2 amide bonds. The van der Waals surface area contributed by atoms with E-state index in [0.29, 0.717) is 24.2 Å². The molecule has 5 aromatic rings. The van der Waals surface area contributed by atoms with Crippen molar-refractivity contribution in [2.75, 3.05) is 17.2 Å². The molecule has 0 saturated heterocycles. The molecule has 0 aliphatic heterocycles. The first-order valence-corrected chi connectivity index (χ1v) is 12.5. The van der Waals surface area contributed by atoms with Crippen molar-refractivity contribution in [3.05, 3.63) is 84.7 Å². The molecule has 0 radical (unpaired) electrons. The zero-order valence-electron chi connectivity index (χ0n) is 20.2. The van der Waals surface area contributed by atoms with Gasteiger partial charge in [0.1, 0.15) is 0 Å². The zero-order valence-corrected chi connectivity index (χ0v) is 20.2. The van der Waals surface area contributed by atoms with Crippen LogP contribution in [0.3, 0.4) is 0 Å². The van der Waals surface area contributed by atoms with E-state index >= 15 is 0 Å². The van der Waals surface area contributed by atoms with Gasteiger partial charge in [-0.05, 0) is 85.3 Å². The molecule has 1 saturated carbocycles. The summed E-state index contributed by atoms with van der Waals surface area (Å²) in [5, 5.41) is 21.6. The molecular weight excluding hydrogens is 466 g/mol. The number of rotatable bonds is 8. The van der Waals surface area contributed by atoms with Crippen molar-refractivity contribution in [1.29, 1.82) is 0 Å². The monoisotopic (exact) mass is 493 g/mol. The lowest BCUT2D eigenvalue weighted by Gasteiger charge is -2.09. The van der Waals surface area contributed by atoms with Crippen molar-refractivity contribution in [2.24, 2.45) is 5.92 Å². The van der Waals surface area contributed by atoms with Crippen LogP contribution in [0.5, 0.6) is 0 Å². The predicted molar refractivity (Wildman–Crippen MR) is 144 cm³/mol. The quantitative estimate of drug-likeness (QED) is 0.284. The number of aliphatic hydroxyl groups is 1. The number of carbonyl (C=O) groups is 2. The highest BCUT2D eigenvalue weighted by molar-refractivity contribution is 6.07. The first-order valence-electron chi connectivity index (χ1n) is 12.5. The average Bonchev–Trinajstić information content (AvgIpc) is 3.57. The number of carbonyl (C=O) groups excluding carboxylic acids is 2. The fraction of sp³-hybridized carbons (Fsp3) is 0.207. The van der Waals surface area contributed by atoms with Crippen molar-refractivity contribution < 1.29 is 14.7 Å². The Morgan fingerprint density at radius 1 is 0.892 bits per heavy atom. The summed E-state index contributed by atoms with van der Waals surface area (Å²) in [6, 6.07) is 21.0. The lowest BCUT2D eigenvalue weighted by molar-refractivity contribution is -0.117. The Morgan fingerprint density at radius 2 is 1.70 bits per heavy atom. The maximum Gasteiger partial charge on any atom is 0.255 e. The summed E-state index contributed by atoms with van der Waals surface area (Å²) in [5.74, 6) is 0.0607. The van der Waals surface area contributed by atoms with E-state index in [4.69, 9.17) is 5.11 Å². The summed E-state index contributed by atoms with van der Waals surface area (Å²) < 4.78 is 3.89. The summed E-state index contributed by atoms with van der Waals surface area (Å²) >= 11 is 0. The third kappa shape index (κ3) is 4.71. The lowest BCUT2D eigenvalue weighted by Crippen LogP contribution is -2.13. The standard InChI is InChI=1S/C29H27N5O3/c35-15-1-13-33-14-12-19-2-5-21(17-27(19)33)29(37)32-24-8-11-26-22(16-24)18-30-34(26)25-9-6-23(7-10-25)31-28(36)20-3-4-20/h2,5-12,14,16-18,20,35H,1,3-4,13,15H2,(H,31,36)(H,32,37). The van der Waals surface area contributed by atoms with E-state index in [2.05, 4.69) is 20.3 Å². The van der Waals surface area contributed by atoms with Crippen LogP contribution in [0.4, 0.5) is 11.4 Å². The third-order valence-corrected chi connectivity index (χ3v) is 6.75. The van der Waals surface area contributed by atoms with Crippen LogP contribution in [-0.4, -0.2) is 37.9 Å². The Labute approximate surface area is 213 Å². The lowest BCUT2D eigenvalue weighted by atomic mass is 10.1. The molecule has 6 rings (SSSR count). The summed E-state index contributed by atoms with van der Waals surface area (Å²) in [6.45, 7) is 0.826. The largest absolute Gasteiger partial charge is 0.396 e. The van der Waals surface area contributed by atoms with Gasteiger partial charge < -0.3 is 20.3 Å². The van der Waals surface area contributed by atoms with E-state index in [1.807, 2.05) is 77.6 Å². The molecule has 8 heteroatoms. The minimum Gasteiger partial charge on any atom is -0.396 e. The number of hydrogen-bond acceptors (Lipinski definition) is 4. The predicted octanol–water partition coefficient (Wildman–Crippen LogP) is 4.96. The fourth-order valence-corrected chi connectivity index (χ4v) is 4.56. The Bertz CT molecular complexity index is 1610. The molecule has 0 spiro atoms. The number of nitrogens with one attached hydrogen (secondary N) is 2. The number of anilines is 2. The smallest absolute Gasteiger partial charge is 0.255 e. The fourth-order valence-electron chi connectivity index (χ4n) is 4.56. The van der Waals surface area contributed by atoms with Gasteiger partial charge in [0.25, 0.3) is 5.91 Å². The Hall–Kier alpha value is -4.43. The van der Waals surface area contributed by atoms with Crippen LogP contribution in [0, 0.1) is 5.92 Å². The number of nitrogens with zero attached hydrogens (tertiary/aromatic N) is 3. The molecule has 37 heavy (non-hydrogen) atoms. The molecule has 2 aromatic heterocycles. The normalized spacial score (nSPS) is 13.2. The SMILES string of the molecule is O=C(Nc1ccc2c(cnn2-c2ccc(NC(=O)C3CC3)cc2)c1)c1ccc2ccn(CCCO)c2c1. The highest BCUT2D eigenvalue weighted by Crippen LogP contribution is 2.30. The third-order valence-electron chi connectivity index (χ3n) is 6.75. The van der Waals surface area contributed by atoms with Crippen LogP contribution in [0.1, 0.15) is 29.6 Å². The van der Waals surface area contributed by atoms with Gasteiger partial charge in [-0.1, -0.05) is 6.07 Å². The molecule has 8 nitrogen and oxygen atoms in total. The molecule has 1 aliphatic rings. The van der Waals surface area contributed by atoms with Crippen LogP contribution in [-0.2, 0) is 11.3 Å². The molecule has 0 atom stereocenters.